The van der Waals surface area contributed by atoms with Gasteiger partial charge in [0.2, 0.25) is 5.91 Å². The number of hydrogen-bond acceptors (Lipinski definition) is 3. The predicted octanol–water partition coefficient (Wildman–Crippen LogP) is 3.64. The van der Waals surface area contributed by atoms with Gasteiger partial charge in [0.05, 0.1) is 10.0 Å². The van der Waals surface area contributed by atoms with E-state index in [1.807, 2.05) is 0 Å². The van der Waals surface area contributed by atoms with E-state index in [0.29, 0.717) is 15.7 Å². The van der Waals surface area contributed by atoms with Crippen LogP contribution in [-0.4, -0.2) is 43.5 Å². The van der Waals surface area contributed by atoms with Crippen molar-refractivity contribution in [3.05, 3.63) is 28.2 Å². The summed E-state index contributed by atoms with van der Waals surface area (Å²) < 4.78 is 0. The smallest absolute Gasteiger partial charge is 0.227 e. The van der Waals surface area contributed by atoms with Crippen LogP contribution >= 0.6 is 23.2 Å². The van der Waals surface area contributed by atoms with Gasteiger partial charge >= 0.3 is 0 Å². The van der Waals surface area contributed by atoms with E-state index in [2.05, 4.69) is 15.5 Å². The molecule has 24 heavy (non-hydrogen) atoms. The topological polar surface area (TPSA) is 44.4 Å². The van der Waals surface area contributed by atoms with Crippen LogP contribution < -0.4 is 10.6 Å². The van der Waals surface area contributed by atoms with Crippen LogP contribution in [0.25, 0.3) is 0 Å². The number of amides is 1. The minimum absolute atomic E-state index is 0.0835. The third kappa shape index (κ3) is 4.85. The number of anilines is 1. The highest BCUT2D eigenvalue weighted by molar-refractivity contribution is 6.42. The van der Waals surface area contributed by atoms with Gasteiger partial charge in [-0.25, -0.2) is 0 Å². The average Bonchev–Trinajstić information content (AvgIpc) is 2.60. The van der Waals surface area contributed by atoms with Crippen molar-refractivity contribution >= 4 is 34.8 Å². The summed E-state index contributed by atoms with van der Waals surface area (Å²) in [4.78, 5) is 15.0. The molecule has 1 atom stereocenters. The van der Waals surface area contributed by atoms with Crippen LogP contribution in [0.15, 0.2) is 18.2 Å². The molecule has 1 unspecified atom stereocenters. The van der Waals surface area contributed by atoms with E-state index in [9.17, 15) is 4.79 Å². The van der Waals surface area contributed by atoms with Gasteiger partial charge in [-0.2, -0.15) is 0 Å². The second-order valence-corrected chi connectivity index (χ2v) is 7.72. The second kappa shape index (κ2) is 8.52. The lowest BCUT2D eigenvalue weighted by Gasteiger charge is -2.35. The molecule has 6 heteroatoms. The van der Waals surface area contributed by atoms with Crippen molar-refractivity contribution in [2.75, 3.05) is 38.0 Å². The Balaban J connectivity index is 1.45. The van der Waals surface area contributed by atoms with Crippen LogP contribution in [0.5, 0.6) is 0 Å². The Hall–Kier alpha value is -0.810. The van der Waals surface area contributed by atoms with Gasteiger partial charge in [-0.1, -0.05) is 23.2 Å². The summed E-state index contributed by atoms with van der Waals surface area (Å²) in [6, 6.07) is 5.20. The van der Waals surface area contributed by atoms with Gasteiger partial charge < -0.3 is 15.5 Å². The maximum atomic E-state index is 12.4. The number of carbonyl (C=O) groups is 1. The van der Waals surface area contributed by atoms with E-state index in [-0.39, 0.29) is 11.8 Å². The van der Waals surface area contributed by atoms with Gasteiger partial charge in [-0.3, -0.25) is 4.79 Å². The molecule has 1 aromatic carbocycles. The van der Waals surface area contributed by atoms with Crippen molar-refractivity contribution in [3.63, 3.8) is 0 Å². The summed E-state index contributed by atoms with van der Waals surface area (Å²) in [6.45, 7) is 5.48. The number of likely N-dealkylation sites (tertiary alicyclic amines) is 1. The van der Waals surface area contributed by atoms with E-state index >= 15 is 0 Å². The summed E-state index contributed by atoms with van der Waals surface area (Å²) in [5, 5.41) is 7.41. The lowest BCUT2D eigenvalue weighted by molar-refractivity contribution is -0.121. The highest BCUT2D eigenvalue weighted by Gasteiger charge is 2.26. The van der Waals surface area contributed by atoms with Crippen molar-refractivity contribution in [1.29, 1.82) is 0 Å². The fourth-order valence-corrected chi connectivity index (χ4v) is 3.94. The van der Waals surface area contributed by atoms with Crippen molar-refractivity contribution in [2.24, 2.45) is 11.8 Å². The monoisotopic (exact) mass is 369 g/mol. The molecule has 2 aliphatic rings. The second-order valence-electron chi connectivity index (χ2n) is 6.91. The Morgan fingerprint density at radius 2 is 2.00 bits per heavy atom. The molecule has 1 amide bonds. The number of hydrogen-bond donors (Lipinski definition) is 2. The van der Waals surface area contributed by atoms with Gasteiger partial charge in [0.1, 0.15) is 0 Å². The zero-order valence-electron chi connectivity index (χ0n) is 13.9. The van der Waals surface area contributed by atoms with E-state index in [1.54, 1.807) is 18.2 Å². The molecule has 0 bridgehead atoms. The Morgan fingerprint density at radius 3 is 2.67 bits per heavy atom. The van der Waals surface area contributed by atoms with Gasteiger partial charge in [-0.15, -0.1) is 0 Å². The zero-order chi connectivity index (χ0) is 16.9. The molecule has 4 nitrogen and oxygen atoms in total. The highest BCUT2D eigenvalue weighted by atomic mass is 35.5. The summed E-state index contributed by atoms with van der Waals surface area (Å²) >= 11 is 11.9. The minimum Gasteiger partial charge on any atom is -0.326 e. The van der Waals surface area contributed by atoms with Crippen LogP contribution in [0, 0.1) is 11.8 Å². The molecule has 0 radical (unpaired) electrons. The minimum atomic E-state index is 0.0835. The first-order chi connectivity index (χ1) is 11.6. The van der Waals surface area contributed by atoms with Crippen LogP contribution in [0.1, 0.15) is 25.7 Å². The fraction of sp³-hybridized carbons (Fsp3) is 0.611. The summed E-state index contributed by atoms with van der Waals surface area (Å²) in [6.07, 6.45) is 4.46. The van der Waals surface area contributed by atoms with Crippen LogP contribution in [0.3, 0.4) is 0 Å². The van der Waals surface area contributed by atoms with Gasteiger partial charge in [0.25, 0.3) is 0 Å². The first-order valence-electron chi connectivity index (χ1n) is 8.81. The zero-order valence-corrected chi connectivity index (χ0v) is 15.4. The molecule has 0 saturated carbocycles. The van der Waals surface area contributed by atoms with E-state index < -0.39 is 0 Å². The number of nitrogens with zero attached hydrogens (tertiary/aromatic N) is 1. The fourth-order valence-electron chi connectivity index (χ4n) is 3.64. The van der Waals surface area contributed by atoms with Gasteiger partial charge in [-0.05, 0) is 76.0 Å². The molecule has 1 aromatic rings. The van der Waals surface area contributed by atoms with Gasteiger partial charge in [0, 0.05) is 18.2 Å². The normalized spacial score (nSPS) is 23.2. The molecule has 132 valence electrons. The Bertz CT molecular complexity index is 567. The maximum absolute atomic E-state index is 12.4. The molecule has 0 spiro atoms. The van der Waals surface area contributed by atoms with Crippen LogP contribution in [-0.2, 0) is 4.79 Å². The number of piperidine rings is 2. The Kier molecular flexibility index (Phi) is 6.39. The number of carbonyl (C=O) groups excluding carboxylic acids is 1. The van der Waals surface area contributed by atoms with Crippen LogP contribution in [0.2, 0.25) is 10.0 Å². The number of halogens is 2. The lowest BCUT2D eigenvalue weighted by atomic mass is 9.93. The standard InChI is InChI=1S/C18H25Cl2N3O/c19-16-4-3-15(10-17(16)20)22-18(24)14-5-8-23(9-6-14)12-13-2-1-7-21-11-13/h3-4,10,13-14,21H,1-2,5-9,11-12H2,(H,22,24). The number of benzene rings is 1. The van der Waals surface area contributed by atoms with E-state index in [1.165, 1.54) is 12.8 Å². The van der Waals surface area contributed by atoms with Crippen molar-refractivity contribution in [2.45, 2.75) is 25.7 Å². The summed E-state index contributed by atoms with van der Waals surface area (Å²) in [5.41, 5.74) is 0.713. The SMILES string of the molecule is O=C(Nc1ccc(Cl)c(Cl)c1)C1CCN(CC2CCCNC2)CC1. The van der Waals surface area contributed by atoms with Crippen molar-refractivity contribution < 1.29 is 4.79 Å². The summed E-state index contributed by atoms with van der Waals surface area (Å²) in [5.74, 6) is 0.938. The average molecular weight is 370 g/mol. The largest absolute Gasteiger partial charge is 0.326 e. The molecule has 2 N–H and O–H groups in total. The first kappa shape index (κ1) is 18.0. The molecule has 2 saturated heterocycles. The highest BCUT2D eigenvalue weighted by Crippen LogP contribution is 2.26. The van der Waals surface area contributed by atoms with Crippen molar-refractivity contribution in [1.82, 2.24) is 10.2 Å². The number of nitrogens with one attached hydrogen (secondary N) is 2. The molecule has 2 aliphatic heterocycles. The maximum Gasteiger partial charge on any atom is 0.227 e. The quantitative estimate of drug-likeness (QED) is 0.851. The molecule has 0 aliphatic carbocycles. The molecule has 2 heterocycles. The Labute approximate surface area is 153 Å². The molecule has 3 rings (SSSR count). The van der Waals surface area contributed by atoms with E-state index in [4.69, 9.17) is 23.2 Å². The lowest BCUT2D eigenvalue weighted by Crippen LogP contribution is -2.43. The first-order valence-corrected chi connectivity index (χ1v) is 9.56. The molecule has 2 fully saturated rings. The third-order valence-corrected chi connectivity index (χ3v) is 5.80. The van der Waals surface area contributed by atoms with E-state index in [0.717, 1.165) is 51.5 Å². The van der Waals surface area contributed by atoms with Gasteiger partial charge in [0.15, 0.2) is 0 Å². The van der Waals surface area contributed by atoms with Crippen LogP contribution in [0.4, 0.5) is 5.69 Å². The van der Waals surface area contributed by atoms with Crippen molar-refractivity contribution in [3.8, 4) is 0 Å². The molecule has 0 aromatic heterocycles. The number of rotatable bonds is 4. The predicted molar refractivity (Wildman–Crippen MR) is 99.8 cm³/mol. The third-order valence-electron chi connectivity index (χ3n) is 5.06. The molecular formula is C18H25Cl2N3O. The molecular weight excluding hydrogens is 345 g/mol. The summed E-state index contributed by atoms with van der Waals surface area (Å²) in [7, 11) is 0. The Morgan fingerprint density at radius 1 is 1.21 bits per heavy atom.